The summed E-state index contributed by atoms with van der Waals surface area (Å²) in [6.07, 6.45) is 13.5. The summed E-state index contributed by atoms with van der Waals surface area (Å²) in [5.41, 5.74) is 1.68. The fourth-order valence-electron chi connectivity index (χ4n) is 4.88. The molecule has 2 heteroatoms. The molecule has 2 aliphatic carbocycles. The second-order valence-corrected chi connectivity index (χ2v) is 9.61. The lowest BCUT2D eigenvalue weighted by Gasteiger charge is -2.49. The van der Waals surface area contributed by atoms with Crippen LogP contribution >= 0.6 is 0 Å². The van der Waals surface area contributed by atoms with Crippen molar-refractivity contribution < 1.29 is 0 Å². The van der Waals surface area contributed by atoms with Crippen molar-refractivity contribution in [1.29, 1.82) is 0 Å². The molecule has 0 aromatic rings. The van der Waals surface area contributed by atoms with Crippen molar-refractivity contribution in [2.45, 2.75) is 97.6 Å². The van der Waals surface area contributed by atoms with Crippen molar-refractivity contribution >= 4 is 0 Å². The Morgan fingerprint density at radius 2 is 0.870 bits per heavy atom. The van der Waals surface area contributed by atoms with Crippen LogP contribution in [0, 0.1) is 10.8 Å². The minimum Gasteiger partial charge on any atom is -0.301 e. The van der Waals surface area contributed by atoms with Gasteiger partial charge in [-0.1, -0.05) is 6.42 Å². The summed E-state index contributed by atoms with van der Waals surface area (Å²) in [5.74, 6) is 0. The highest BCUT2D eigenvalue weighted by atomic mass is 15.2. The molecule has 2 saturated carbocycles. The van der Waals surface area contributed by atoms with Crippen LogP contribution in [0.5, 0.6) is 0 Å². The Balaban J connectivity index is 0.000000136. The van der Waals surface area contributed by atoms with E-state index in [2.05, 4.69) is 37.5 Å². The normalized spacial score (nSPS) is 29.5. The summed E-state index contributed by atoms with van der Waals surface area (Å²) in [6, 6.07) is 1.54. The van der Waals surface area contributed by atoms with Crippen LogP contribution in [0.1, 0.15) is 85.5 Å². The van der Waals surface area contributed by atoms with Gasteiger partial charge in [-0.15, -0.1) is 0 Å². The van der Waals surface area contributed by atoms with Crippen molar-refractivity contribution in [3.05, 3.63) is 0 Å². The fraction of sp³-hybridized carbons (Fsp3) is 1.00. The lowest BCUT2D eigenvalue weighted by Crippen LogP contribution is -2.45. The topological polar surface area (TPSA) is 6.48 Å². The molecular formula is C21H40N2. The van der Waals surface area contributed by atoms with Crippen LogP contribution in [0.4, 0.5) is 0 Å². The van der Waals surface area contributed by atoms with Gasteiger partial charge in [-0.25, -0.2) is 0 Å². The van der Waals surface area contributed by atoms with Gasteiger partial charge in [0.2, 0.25) is 0 Å². The van der Waals surface area contributed by atoms with Gasteiger partial charge in [0, 0.05) is 12.1 Å². The summed E-state index contributed by atoms with van der Waals surface area (Å²) in [5, 5.41) is 0. The minimum atomic E-state index is 0.766. The lowest BCUT2D eigenvalue weighted by molar-refractivity contribution is 0.0220. The Labute approximate surface area is 145 Å². The molecule has 134 valence electrons. The zero-order valence-electron chi connectivity index (χ0n) is 16.2. The van der Waals surface area contributed by atoms with E-state index >= 15 is 0 Å². The molecule has 4 fully saturated rings. The molecule has 2 aliphatic heterocycles. The van der Waals surface area contributed by atoms with E-state index in [9.17, 15) is 0 Å². The minimum absolute atomic E-state index is 0.766. The van der Waals surface area contributed by atoms with E-state index in [0.29, 0.717) is 0 Å². The molecule has 0 N–H and O–H groups in total. The molecule has 0 amide bonds. The molecule has 4 rings (SSSR count). The predicted molar refractivity (Wildman–Crippen MR) is 99.8 cm³/mol. The van der Waals surface area contributed by atoms with Crippen LogP contribution < -0.4 is 0 Å². The maximum absolute atomic E-state index is 2.63. The zero-order valence-corrected chi connectivity index (χ0v) is 16.2. The Bertz CT molecular complexity index is 359. The molecular weight excluding hydrogens is 280 g/mol. The molecule has 0 radical (unpaired) electrons. The van der Waals surface area contributed by atoms with E-state index in [1.54, 1.807) is 0 Å². The molecule has 0 bridgehead atoms. The van der Waals surface area contributed by atoms with Gasteiger partial charge >= 0.3 is 0 Å². The fourth-order valence-corrected chi connectivity index (χ4v) is 4.88. The molecule has 0 aromatic carbocycles. The second-order valence-electron chi connectivity index (χ2n) is 9.61. The van der Waals surface area contributed by atoms with Crippen LogP contribution in [-0.2, 0) is 0 Å². The molecule has 23 heavy (non-hydrogen) atoms. The molecule has 4 aliphatic rings. The van der Waals surface area contributed by atoms with Gasteiger partial charge < -0.3 is 9.80 Å². The van der Waals surface area contributed by atoms with E-state index in [1.165, 1.54) is 84.0 Å². The molecule has 2 heterocycles. The third-order valence-corrected chi connectivity index (χ3v) is 7.55. The van der Waals surface area contributed by atoms with Gasteiger partial charge in [0.15, 0.2) is 0 Å². The summed E-state index contributed by atoms with van der Waals surface area (Å²) in [6.45, 7) is 14.7. The van der Waals surface area contributed by atoms with E-state index in [-0.39, 0.29) is 0 Å². The van der Waals surface area contributed by atoms with Crippen LogP contribution in [0.15, 0.2) is 0 Å². The Hall–Kier alpha value is -0.0800. The number of piperidine rings is 2. The lowest BCUT2D eigenvalue weighted by atomic mass is 9.63. The molecule has 0 aromatic heterocycles. The number of hydrogen-bond donors (Lipinski definition) is 0. The van der Waals surface area contributed by atoms with E-state index in [0.717, 1.165) is 22.9 Å². The largest absolute Gasteiger partial charge is 0.301 e. The van der Waals surface area contributed by atoms with E-state index in [4.69, 9.17) is 0 Å². The van der Waals surface area contributed by atoms with Crippen LogP contribution in [0.2, 0.25) is 0 Å². The maximum Gasteiger partial charge on any atom is 0.00385 e. The quantitative estimate of drug-likeness (QED) is 0.711. The van der Waals surface area contributed by atoms with Gasteiger partial charge in [-0.05, 0) is 116 Å². The monoisotopic (exact) mass is 320 g/mol. The van der Waals surface area contributed by atoms with Gasteiger partial charge in [-0.3, -0.25) is 0 Å². The maximum atomic E-state index is 2.63. The van der Waals surface area contributed by atoms with Gasteiger partial charge in [0.1, 0.15) is 0 Å². The highest BCUT2D eigenvalue weighted by Crippen LogP contribution is 2.53. The summed E-state index contributed by atoms with van der Waals surface area (Å²) < 4.78 is 0. The highest BCUT2D eigenvalue weighted by molar-refractivity contribution is 4.97. The summed E-state index contributed by atoms with van der Waals surface area (Å²) >= 11 is 0. The third-order valence-electron chi connectivity index (χ3n) is 7.55. The van der Waals surface area contributed by atoms with Crippen LogP contribution in [-0.4, -0.2) is 48.1 Å². The van der Waals surface area contributed by atoms with Crippen molar-refractivity contribution in [3.63, 3.8) is 0 Å². The zero-order chi connectivity index (χ0) is 16.5. The Morgan fingerprint density at radius 3 is 1.09 bits per heavy atom. The molecule has 0 unspecified atom stereocenters. The first-order chi connectivity index (χ1) is 10.9. The molecule has 0 atom stereocenters. The Kier molecular flexibility index (Phi) is 5.43. The third kappa shape index (κ3) is 4.31. The standard InChI is InChI=1S/C11H21N.C10H19N/c1-10(2)12-8-6-11(7-9-12)4-3-5-11;1-9(2)11-7-5-10(3-4-10)6-8-11/h10H,3-9H2,1-2H3;9H,3-8H2,1-2H3. The number of likely N-dealkylation sites (tertiary alicyclic amines) is 2. The van der Waals surface area contributed by atoms with Crippen LogP contribution in [0.3, 0.4) is 0 Å². The van der Waals surface area contributed by atoms with E-state index in [1.807, 2.05) is 0 Å². The van der Waals surface area contributed by atoms with Gasteiger partial charge in [0.05, 0.1) is 0 Å². The van der Waals surface area contributed by atoms with Crippen LogP contribution in [0.25, 0.3) is 0 Å². The average Bonchev–Trinajstić information content (AvgIpc) is 3.26. The predicted octanol–water partition coefficient (Wildman–Crippen LogP) is 4.93. The summed E-state index contributed by atoms with van der Waals surface area (Å²) in [4.78, 5) is 5.24. The van der Waals surface area contributed by atoms with Gasteiger partial charge in [0.25, 0.3) is 0 Å². The first-order valence-corrected chi connectivity index (χ1v) is 10.4. The van der Waals surface area contributed by atoms with Crippen molar-refractivity contribution in [2.75, 3.05) is 26.2 Å². The summed E-state index contributed by atoms with van der Waals surface area (Å²) in [7, 11) is 0. The number of hydrogen-bond acceptors (Lipinski definition) is 2. The molecule has 2 nitrogen and oxygen atoms in total. The van der Waals surface area contributed by atoms with Crippen molar-refractivity contribution in [2.24, 2.45) is 10.8 Å². The number of rotatable bonds is 2. The smallest absolute Gasteiger partial charge is 0.00385 e. The van der Waals surface area contributed by atoms with Crippen molar-refractivity contribution in [3.8, 4) is 0 Å². The second kappa shape index (κ2) is 7.04. The molecule has 2 spiro atoms. The Morgan fingerprint density at radius 1 is 0.522 bits per heavy atom. The van der Waals surface area contributed by atoms with E-state index < -0.39 is 0 Å². The molecule has 2 saturated heterocycles. The first-order valence-electron chi connectivity index (χ1n) is 10.4. The number of nitrogens with zero attached hydrogens (tertiary/aromatic N) is 2. The highest BCUT2D eigenvalue weighted by Gasteiger charge is 2.44. The SMILES string of the molecule is CC(C)N1CCC2(CC1)CC2.CC(C)N1CCC2(CCC2)CC1. The van der Waals surface area contributed by atoms with Crippen molar-refractivity contribution in [1.82, 2.24) is 9.80 Å². The van der Waals surface area contributed by atoms with Gasteiger partial charge in [-0.2, -0.15) is 0 Å². The first kappa shape index (κ1) is 17.7. The average molecular weight is 321 g/mol.